The Hall–Kier alpha value is -2.76. The molecule has 20 heavy (non-hydrogen) atoms. The Kier molecular flexibility index (Phi) is 2.01. The first-order valence-electron chi connectivity index (χ1n) is 6.14. The van der Waals surface area contributed by atoms with Gasteiger partial charge in [-0.3, -0.25) is 10.1 Å². The third kappa shape index (κ3) is 1.22. The van der Waals surface area contributed by atoms with Gasteiger partial charge in [0.15, 0.2) is 5.54 Å². The molecule has 4 rings (SSSR count). The highest BCUT2D eigenvalue weighted by Gasteiger charge is 2.55. The lowest BCUT2D eigenvalue weighted by molar-refractivity contribution is -0.123. The highest BCUT2D eigenvalue weighted by atomic mass is 16.5. The minimum atomic E-state index is -1.24. The smallest absolute Gasteiger partial charge is 0.322 e. The summed E-state index contributed by atoms with van der Waals surface area (Å²) in [6.07, 6.45) is 3.16. The summed E-state index contributed by atoms with van der Waals surface area (Å²) >= 11 is 0. The molecule has 6 nitrogen and oxygen atoms in total. The molecule has 3 heterocycles. The fraction of sp³-hybridized carbons (Fsp3) is 0.143. The maximum atomic E-state index is 12.4. The Bertz CT molecular complexity index is 707. The van der Waals surface area contributed by atoms with Gasteiger partial charge >= 0.3 is 6.03 Å². The summed E-state index contributed by atoms with van der Waals surface area (Å²) in [7, 11) is 0. The Labute approximate surface area is 114 Å². The zero-order valence-electron chi connectivity index (χ0n) is 10.3. The first-order valence-corrected chi connectivity index (χ1v) is 6.14. The number of ether oxygens (including phenoxy) is 2. The van der Waals surface area contributed by atoms with E-state index in [0.29, 0.717) is 22.6 Å². The van der Waals surface area contributed by atoms with Gasteiger partial charge in [-0.25, -0.2) is 4.79 Å². The minimum Gasteiger partial charge on any atom is -0.496 e. The lowest BCUT2D eigenvalue weighted by Crippen LogP contribution is -2.49. The van der Waals surface area contributed by atoms with Gasteiger partial charge in [0, 0.05) is 17.2 Å². The average molecular weight is 270 g/mol. The predicted molar refractivity (Wildman–Crippen MR) is 67.5 cm³/mol. The summed E-state index contributed by atoms with van der Waals surface area (Å²) in [4.78, 5) is 24.1. The number of carbonyl (C=O) groups excluding carboxylic acids is 2. The SMILES string of the molecule is O=C1NC(=O)C2(N1)C1=C(C=COC1)Oc1ccccc12. The van der Waals surface area contributed by atoms with Crippen molar-refractivity contribution in [1.29, 1.82) is 0 Å². The van der Waals surface area contributed by atoms with Crippen LogP contribution < -0.4 is 15.4 Å². The molecule has 0 aromatic heterocycles. The third-order valence-corrected chi connectivity index (χ3v) is 3.67. The van der Waals surface area contributed by atoms with Gasteiger partial charge < -0.3 is 14.8 Å². The molecule has 3 aliphatic heterocycles. The second kappa shape index (κ2) is 3.63. The second-order valence-electron chi connectivity index (χ2n) is 4.71. The second-order valence-corrected chi connectivity index (χ2v) is 4.71. The maximum Gasteiger partial charge on any atom is 0.322 e. The van der Waals surface area contributed by atoms with Gasteiger partial charge in [0.1, 0.15) is 18.1 Å². The van der Waals surface area contributed by atoms with E-state index in [-0.39, 0.29) is 6.61 Å². The van der Waals surface area contributed by atoms with Crippen LogP contribution in [0.3, 0.4) is 0 Å². The van der Waals surface area contributed by atoms with E-state index in [1.54, 1.807) is 24.3 Å². The average Bonchev–Trinajstić information content (AvgIpc) is 2.75. The number of allylic oxidation sites excluding steroid dienone is 1. The summed E-state index contributed by atoms with van der Waals surface area (Å²) < 4.78 is 11.1. The van der Waals surface area contributed by atoms with Crippen LogP contribution in [-0.2, 0) is 15.1 Å². The van der Waals surface area contributed by atoms with E-state index in [2.05, 4.69) is 10.6 Å². The quantitative estimate of drug-likeness (QED) is 0.687. The van der Waals surface area contributed by atoms with Crippen molar-refractivity contribution in [2.45, 2.75) is 5.54 Å². The number of fused-ring (bicyclic) bond motifs is 3. The molecule has 3 aliphatic rings. The molecule has 1 atom stereocenters. The summed E-state index contributed by atoms with van der Waals surface area (Å²) in [5.74, 6) is 0.673. The Morgan fingerprint density at radius 1 is 1.20 bits per heavy atom. The first kappa shape index (κ1) is 11.1. The normalized spacial score (nSPS) is 26.4. The van der Waals surface area contributed by atoms with Crippen molar-refractivity contribution >= 4 is 11.9 Å². The van der Waals surface area contributed by atoms with Crippen LogP contribution in [0.5, 0.6) is 5.75 Å². The molecule has 1 fully saturated rings. The van der Waals surface area contributed by atoms with Gasteiger partial charge in [-0.1, -0.05) is 18.2 Å². The molecule has 1 saturated heterocycles. The minimum absolute atomic E-state index is 0.188. The number of amides is 3. The number of urea groups is 1. The van der Waals surface area contributed by atoms with Crippen LogP contribution >= 0.6 is 0 Å². The van der Waals surface area contributed by atoms with E-state index < -0.39 is 17.5 Å². The van der Waals surface area contributed by atoms with Crippen molar-refractivity contribution < 1.29 is 19.1 Å². The van der Waals surface area contributed by atoms with Crippen LogP contribution in [0.15, 0.2) is 47.9 Å². The molecule has 0 aliphatic carbocycles. The fourth-order valence-corrected chi connectivity index (χ4v) is 2.81. The zero-order chi connectivity index (χ0) is 13.7. The zero-order valence-corrected chi connectivity index (χ0v) is 10.3. The topological polar surface area (TPSA) is 76.7 Å². The number of carbonyl (C=O) groups is 2. The highest BCUT2D eigenvalue weighted by Crippen LogP contribution is 2.45. The summed E-state index contributed by atoms with van der Waals surface area (Å²) in [6.45, 7) is 0.188. The van der Waals surface area contributed by atoms with E-state index in [4.69, 9.17) is 9.47 Å². The molecule has 1 spiro atoms. The van der Waals surface area contributed by atoms with Crippen molar-refractivity contribution in [2.24, 2.45) is 0 Å². The molecule has 0 bridgehead atoms. The number of benzene rings is 1. The van der Waals surface area contributed by atoms with Crippen molar-refractivity contribution in [3.63, 3.8) is 0 Å². The highest BCUT2D eigenvalue weighted by molar-refractivity contribution is 6.10. The van der Waals surface area contributed by atoms with Crippen LogP contribution in [0.25, 0.3) is 0 Å². The molecule has 6 heteroatoms. The molecule has 2 N–H and O–H groups in total. The molecule has 0 radical (unpaired) electrons. The number of imide groups is 1. The molecular weight excluding hydrogens is 260 g/mol. The molecule has 1 unspecified atom stereocenters. The Balaban J connectivity index is 2.02. The van der Waals surface area contributed by atoms with Gasteiger partial charge in [0.25, 0.3) is 5.91 Å². The van der Waals surface area contributed by atoms with Crippen LogP contribution in [0.4, 0.5) is 4.79 Å². The van der Waals surface area contributed by atoms with Crippen molar-refractivity contribution in [1.82, 2.24) is 10.6 Å². The van der Waals surface area contributed by atoms with Crippen molar-refractivity contribution in [3.05, 3.63) is 53.5 Å². The first-order chi connectivity index (χ1) is 9.72. The molecule has 1 aromatic rings. The fourth-order valence-electron chi connectivity index (χ4n) is 2.81. The molecule has 0 saturated carbocycles. The Morgan fingerprint density at radius 3 is 2.85 bits per heavy atom. The van der Waals surface area contributed by atoms with Crippen molar-refractivity contribution in [3.8, 4) is 5.75 Å². The number of hydrogen-bond donors (Lipinski definition) is 2. The maximum absolute atomic E-state index is 12.4. The number of nitrogens with one attached hydrogen (secondary N) is 2. The lowest BCUT2D eigenvalue weighted by Gasteiger charge is -2.36. The molecule has 100 valence electrons. The van der Waals surface area contributed by atoms with E-state index in [9.17, 15) is 9.59 Å². The van der Waals surface area contributed by atoms with Gasteiger partial charge in [-0.15, -0.1) is 0 Å². The van der Waals surface area contributed by atoms with Crippen molar-refractivity contribution in [2.75, 3.05) is 6.61 Å². The largest absolute Gasteiger partial charge is 0.496 e. The van der Waals surface area contributed by atoms with Crippen LogP contribution in [0.2, 0.25) is 0 Å². The lowest BCUT2D eigenvalue weighted by atomic mass is 9.79. The summed E-state index contributed by atoms with van der Waals surface area (Å²) in [5, 5.41) is 5.02. The predicted octanol–water partition coefficient (Wildman–Crippen LogP) is 0.912. The van der Waals surface area contributed by atoms with E-state index in [1.807, 2.05) is 6.07 Å². The van der Waals surface area contributed by atoms with Gasteiger partial charge in [-0.05, 0) is 6.07 Å². The number of hydrogen-bond acceptors (Lipinski definition) is 4. The summed E-state index contributed by atoms with van der Waals surface area (Å²) in [6, 6.07) is 6.63. The standard InChI is InChI=1S/C14H10N2O4/c17-12-14(16-13(18)15-12)8-3-1-2-4-10(8)20-11-5-6-19-7-9(11)14/h1-6H,7H2,(H2,15,16,17,18). The van der Waals surface area contributed by atoms with E-state index in [0.717, 1.165) is 0 Å². The van der Waals surface area contributed by atoms with E-state index in [1.165, 1.54) is 6.26 Å². The van der Waals surface area contributed by atoms with E-state index >= 15 is 0 Å². The molecular formula is C14H10N2O4. The summed E-state index contributed by atoms with van der Waals surface area (Å²) in [5.41, 5.74) is -0.0329. The number of rotatable bonds is 0. The van der Waals surface area contributed by atoms with Gasteiger partial charge in [0.05, 0.1) is 6.26 Å². The van der Waals surface area contributed by atoms with Crippen LogP contribution in [-0.4, -0.2) is 18.5 Å². The molecule has 1 aromatic carbocycles. The van der Waals surface area contributed by atoms with Gasteiger partial charge in [0.2, 0.25) is 0 Å². The number of para-hydroxylation sites is 1. The monoisotopic (exact) mass is 270 g/mol. The Morgan fingerprint density at radius 2 is 2.05 bits per heavy atom. The van der Waals surface area contributed by atoms with Crippen LogP contribution in [0.1, 0.15) is 5.56 Å². The molecule has 3 amide bonds. The van der Waals surface area contributed by atoms with Gasteiger partial charge in [-0.2, -0.15) is 0 Å². The third-order valence-electron chi connectivity index (χ3n) is 3.67. The van der Waals surface area contributed by atoms with Crippen LogP contribution in [0, 0.1) is 0 Å².